The van der Waals surface area contributed by atoms with Crippen LogP contribution in [0.1, 0.15) is 45.7 Å². The lowest BCUT2D eigenvalue weighted by atomic mass is 10.0. The summed E-state index contributed by atoms with van der Waals surface area (Å²) in [5.74, 6) is 0.717. The molecule has 1 amide bonds. The smallest absolute Gasteiger partial charge is 0.224 e. The van der Waals surface area contributed by atoms with Crippen LogP contribution < -0.4 is 15.8 Å². The molecule has 1 aromatic rings. The van der Waals surface area contributed by atoms with E-state index in [0.717, 1.165) is 17.7 Å². The number of nitrogens with one attached hydrogen (secondary N) is 1. The van der Waals surface area contributed by atoms with Crippen molar-refractivity contribution in [2.24, 2.45) is 11.7 Å². The average Bonchev–Trinajstić information content (AvgIpc) is 2.39. The first-order valence-electron chi connectivity index (χ1n) is 7.25. The molecule has 2 atom stereocenters. The summed E-state index contributed by atoms with van der Waals surface area (Å²) in [4.78, 5) is 12.0. The number of hydrogen-bond acceptors (Lipinski definition) is 3. The third kappa shape index (κ3) is 4.85. The molecule has 0 fully saturated rings. The summed E-state index contributed by atoms with van der Waals surface area (Å²) in [6.45, 7) is 8.30. The van der Waals surface area contributed by atoms with Gasteiger partial charge in [0, 0.05) is 12.5 Å². The van der Waals surface area contributed by atoms with Crippen LogP contribution in [0.5, 0.6) is 5.75 Å². The van der Waals surface area contributed by atoms with E-state index in [4.69, 9.17) is 10.5 Å². The summed E-state index contributed by atoms with van der Waals surface area (Å²) >= 11 is 0. The van der Waals surface area contributed by atoms with E-state index < -0.39 is 0 Å². The minimum atomic E-state index is -0.118. The highest BCUT2D eigenvalue weighted by molar-refractivity contribution is 5.79. The van der Waals surface area contributed by atoms with E-state index in [1.807, 2.05) is 52.0 Å². The van der Waals surface area contributed by atoms with E-state index in [0.29, 0.717) is 6.54 Å². The van der Waals surface area contributed by atoms with Crippen LogP contribution in [0.25, 0.3) is 0 Å². The van der Waals surface area contributed by atoms with Crippen LogP contribution in [0.2, 0.25) is 0 Å². The van der Waals surface area contributed by atoms with Crippen LogP contribution in [0, 0.1) is 5.92 Å². The number of rotatable bonds is 7. The molecule has 0 spiro atoms. The highest BCUT2D eigenvalue weighted by Gasteiger charge is 2.17. The molecule has 2 unspecified atom stereocenters. The highest BCUT2D eigenvalue weighted by atomic mass is 16.5. The second kappa shape index (κ2) is 7.90. The van der Waals surface area contributed by atoms with Gasteiger partial charge in [0.25, 0.3) is 0 Å². The maximum absolute atomic E-state index is 12.0. The minimum Gasteiger partial charge on any atom is -0.491 e. The van der Waals surface area contributed by atoms with Crippen molar-refractivity contribution in [2.45, 2.75) is 46.3 Å². The lowest BCUT2D eigenvalue weighted by Gasteiger charge is -2.19. The van der Waals surface area contributed by atoms with Gasteiger partial charge >= 0.3 is 0 Å². The van der Waals surface area contributed by atoms with Gasteiger partial charge in [-0.25, -0.2) is 0 Å². The van der Waals surface area contributed by atoms with E-state index in [-0.39, 0.29) is 24.0 Å². The van der Waals surface area contributed by atoms with Gasteiger partial charge in [-0.15, -0.1) is 0 Å². The number of carbonyl (C=O) groups excluding carboxylic acids is 1. The van der Waals surface area contributed by atoms with Gasteiger partial charge in [0.05, 0.1) is 12.1 Å². The van der Waals surface area contributed by atoms with Gasteiger partial charge in [-0.3, -0.25) is 4.79 Å². The number of nitrogens with two attached hydrogens (primary N) is 1. The van der Waals surface area contributed by atoms with Crippen LogP contribution in [0.3, 0.4) is 0 Å². The molecule has 0 aliphatic rings. The molecule has 0 radical (unpaired) electrons. The molecule has 0 bridgehead atoms. The molecule has 0 aromatic heterocycles. The van der Waals surface area contributed by atoms with Gasteiger partial charge in [0.15, 0.2) is 0 Å². The minimum absolute atomic E-state index is 0.0117. The van der Waals surface area contributed by atoms with E-state index in [9.17, 15) is 4.79 Å². The standard InChI is InChI=1S/C16H26N2O2/c1-5-13(10-17)16(19)18-12(4)14-7-6-8-15(9-14)20-11(2)3/h6-9,11-13H,5,10,17H2,1-4H3,(H,18,19). The normalized spacial score (nSPS) is 13.9. The molecule has 4 heteroatoms. The summed E-state index contributed by atoms with van der Waals surface area (Å²) in [5, 5.41) is 3.00. The van der Waals surface area contributed by atoms with Crippen LogP contribution in [-0.2, 0) is 4.79 Å². The lowest BCUT2D eigenvalue weighted by molar-refractivity contribution is -0.125. The van der Waals surface area contributed by atoms with Crippen molar-refractivity contribution in [1.82, 2.24) is 5.32 Å². The monoisotopic (exact) mass is 278 g/mol. The largest absolute Gasteiger partial charge is 0.491 e. The summed E-state index contributed by atoms with van der Waals surface area (Å²) in [6, 6.07) is 7.76. The van der Waals surface area contributed by atoms with Gasteiger partial charge in [-0.2, -0.15) is 0 Å². The molecule has 0 saturated heterocycles. The van der Waals surface area contributed by atoms with E-state index >= 15 is 0 Å². The van der Waals surface area contributed by atoms with Crippen LogP contribution in [0.15, 0.2) is 24.3 Å². The van der Waals surface area contributed by atoms with E-state index in [2.05, 4.69) is 5.32 Å². The van der Waals surface area contributed by atoms with E-state index in [1.54, 1.807) is 0 Å². The number of ether oxygens (including phenoxy) is 1. The molecular formula is C16H26N2O2. The Kier molecular flexibility index (Phi) is 6.52. The predicted octanol–water partition coefficient (Wildman–Crippen LogP) is 2.64. The van der Waals surface area contributed by atoms with Gasteiger partial charge in [-0.1, -0.05) is 19.1 Å². The molecule has 1 rings (SSSR count). The quantitative estimate of drug-likeness (QED) is 0.806. The zero-order valence-electron chi connectivity index (χ0n) is 12.8. The van der Waals surface area contributed by atoms with Crippen LogP contribution in [-0.4, -0.2) is 18.6 Å². The topological polar surface area (TPSA) is 64.4 Å². The molecule has 0 saturated carbocycles. The van der Waals surface area contributed by atoms with Crippen molar-refractivity contribution in [3.63, 3.8) is 0 Å². The molecule has 0 heterocycles. The van der Waals surface area contributed by atoms with Gasteiger partial charge in [0.1, 0.15) is 5.75 Å². The summed E-state index contributed by atoms with van der Waals surface area (Å²) in [6.07, 6.45) is 0.891. The molecule has 1 aromatic carbocycles. The molecular weight excluding hydrogens is 252 g/mol. The first kappa shape index (κ1) is 16.5. The number of benzene rings is 1. The zero-order chi connectivity index (χ0) is 15.1. The summed E-state index contributed by atoms with van der Waals surface area (Å²) in [7, 11) is 0. The third-order valence-corrected chi connectivity index (χ3v) is 3.24. The Hall–Kier alpha value is -1.55. The highest BCUT2D eigenvalue weighted by Crippen LogP contribution is 2.20. The zero-order valence-corrected chi connectivity index (χ0v) is 12.8. The Bertz CT molecular complexity index is 428. The fourth-order valence-corrected chi connectivity index (χ4v) is 2.00. The SMILES string of the molecule is CCC(CN)C(=O)NC(C)c1cccc(OC(C)C)c1. The second-order valence-corrected chi connectivity index (χ2v) is 5.31. The molecule has 20 heavy (non-hydrogen) atoms. The fourth-order valence-electron chi connectivity index (χ4n) is 2.00. The Balaban J connectivity index is 2.72. The van der Waals surface area contributed by atoms with Gasteiger partial charge < -0.3 is 15.8 Å². The summed E-state index contributed by atoms with van der Waals surface area (Å²) in [5.41, 5.74) is 6.63. The number of carbonyl (C=O) groups is 1. The molecule has 3 N–H and O–H groups in total. The van der Waals surface area contributed by atoms with Crippen LogP contribution >= 0.6 is 0 Å². The maximum atomic E-state index is 12.0. The Morgan fingerprint density at radius 2 is 2.05 bits per heavy atom. The maximum Gasteiger partial charge on any atom is 0.224 e. The van der Waals surface area contributed by atoms with Crippen molar-refractivity contribution in [1.29, 1.82) is 0 Å². The van der Waals surface area contributed by atoms with Crippen molar-refractivity contribution in [3.05, 3.63) is 29.8 Å². The molecule has 112 valence electrons. The fraction of sp³-hybridized carbons (Fsp3) is 0.562. The van der Waals surface area contributed by atoms with Crippen LogP contribution in [0.4, 0.5) is 0 Å². The van der Waals surface area contributed by atoms with Crippen molar-refractivity contribution in [2.75, 3.05) is 6.54 Å². The Morgan fingerprint density at radius 1 is 1.35 bits per heavy atom. The molecule has 0 aliphatic heterocycles. The molecule has 4 nitrogen and oxygen atoms in total. The summed E-state index contributed by atoms with van der Waals surface area (Å²) < 4.78 is 5.67. The van der Waals surface area contributed by atoms with E-state index in [1.165, 1.54) is 0 Å². The van der Waals surface area contributed by atoms with Crippen molar-refractivity contribution >= 4 is 5.91 Å². The number of hydrogen-bond donors (Lipinski definition) is 2. The average molecular weight is 278 g/mol. The number of amides is 1. The third-order valence-electron chi connectivity index (χ3n) is 3.24. The van der Waals surface area contributed by atoms with Gasteiger partial charge in [0.2, 0.25) is 5.91 Å². The van der Waals surface area contributed by atoms with Crippen molar-refractivity contribution in [3.8, 4) is 5.75 Å². The van der Waals surface area contributed by atoms with Crippen molar-refractivity contribution < 1.29 is 9.53 Å². The first-order valence-corrected chi connectivity index (χ1v) is 7.25. The first-order chi connectivity index (χ1) is 9.47. The molecule has 0 aliphatic carbocycles. The van der Waals surface area contributed by atoms with Gasteiger partial charge in [-0.05, 0) is 44.9 Å². The Morgan fingerprint density at radius 3 is 2.60 bits per heavy atom. The predicted molar refractivity (Wildman–Crippen MR) is 81.6 cm³/mol. The lowest BCUT2D eigenvalue weighted by Crippen LogP contribution is -2.36. The second-order valence-electron chi connectivity index (χ2n) is 5.31. The Labute approximate surface area is 121 Å².